The molecule has 0 amide bonds. The summed E-state index contributed by atoms with van der Waals surface area (Å²) >= 11 is 0. The fraction of sp³-hybridized carbons (Fsp3) is 0.963. The van der Waals surface area contributed by atoms with Crippen LogP contribution in [0.5, 0.6) is 0 Å². The van der Waals surface area contributed by atoms with Crippen molar-refractivity contribution < 1.29 is 24.5 Å². The number of rotatable bonds is 0. The molecule has 6 fully saturated rings. The van der Waals surface area contributed by atoms with Gasteiger partial charge in [-0.3, -0.25) is 4.79 Å². The Balaban J connectivity index is 1.30. The van der Waals surface area contributed by atoms with E-state index in [1.807, 2.05) is 0 Å². The third-order valence-corrected chi connectivity index (χ3v) is 11.9. The van der Waals surface area contributed by atoms with Gasteiger partial charge in [0.15, 0.2) is 11.6 Å². The van der Waals surface area contributed by atoms with Crippen molar-refractivity contribution in [1.82, 2.24) is 0 Å². The highest BCUT2D eigenvalue weighted by Crippen LogP contribution is 2.71. The van der Waals surface area contributed by atoms with Crippen LogP contribution in [0.2, 0.25) is 0 Å². The van der Waals surface area contributed by atoms with E-state index >= 15 is 0 Å². The zero-order valence-electron chi connectivity index (χ0n) is 20.3. The minimum atomic E-state index is -1.35. The molecule has 2 heterocycles. The molecule has 1 spiro atoms. The number of aliphatic hydroxyl groups excluding tert-OH is 1. The minimum absolute atomic E-state index is 0.0173. The summed E-state index contributed by atoms with van der Waals surface area (Å²) in [6.45, 7) is 10.0. The molecule has 0 aromatic heterocycles. The van der Waals surface area contributed by atoms with Gasteiger partial charge >= 0.3 is 0 Å². The molecule has 12 atom stereocenters. The Labute approximate surface area is 192 Å². The summed E-state index contributed by atoms with van der Waals surface area (Å²) in [6, 6.07) is 0. The van der Waals surface area contributed by atoms with Gasteiger partial charge in [0.2, 0.25) is 0 Å². The molecule has 180 valence electrons. The largest absolute Gasteiger partial charge is 0.393 e. The Kier molecular flexibility index (Phi) is 4.68. The molecule has 0 radical (unpaired) electrons. The molecule has 4 aliphatic carbocycles. The lowest BCUT2D eigenvalue weighted by molar-refractivity contribution is -0.273. The molecular weight excluding hydrogens is 404 g/mol. The van der Waals surface area contributed by atoms with Crippen LogP contribution in [0.1, 0.15) is 85.5 Å². The normalized spacial score (nSPS) is 61.8. The first kappa shape index (κ1) is 22.0. The van der Waals surface area contributed by atoms with E-state index in [1.54, 1.807) is 0 Å². The van der Waals surface area contributed by atoms with Crippen LogP contribution in [0.4, 0.5) is 0 Å². The lowest BCUT2D eigenvalue weighted by atomic mass is 9.42. The summed E-state index contributed by atoms with van der Waals surface area (Å²) in [5, 5.41) is 21.8. The second-order valence-electron chi connectivity index (χ2n) is 13.2. The van der Waals surface area contributed by atoms with Gasteiger partial charge in [-0.25, -0.2) is 0 Å². The van der Waals surface area contributed by atoms with E-state index < -0.39 is 22.9 Å². The highest BCUT2D eigenvalue weighted by Gasteiger charge is 2.72. The van der Waals surface area contributed by atoms with Gasteiger partial charge in [-0.15, -0.1) is 0 Å². The van der Waals surface area contributed by atoms with Crippen LogP contribution in [0.3, 0.4) is 0 Å². The molecule has 5 heteroatoms. The third-order valence-electron chi connectivity index (χ3n) is 11.9. The average molecular weight is 447 g/mol. The summed E-state index contributed by atoms with van der Waals surface area (Å²) in [4.78, 5) is 13.4. The van der Waals surface area contributed by atoms with Crippen molar-refractivity contribution in [1.29, 1.82) is 0 Å². The maximum absolute atomic E-state index is 13.4. The Bertz CT molecular complexity index is 804. The Morgan fingerprint density at radius 1 is 1.03 bits per heavy atom. The predicted molar refractivity (Wildman–Crippen MR) is 120 cm³/mol. The van der Waals surface area contributed by atoms with Crippen molar-refractivity contribution in [3.8, 4) is 0 Å². The number of Topliss-reactive ketones (excluding diaryl/α,β-unsaturated/α-hetero) is 1. The van der Waals surface area contributed by atoms with Crippen molar-refractivity contribution in [2.45, 2.75) is 109 Å². The van der Waals surface area contributed by atoms with Gasteiger partial charge < -0.3 is 19.7 Å². The Morgan fingerprint density at radius 3 is 2.53 bits per heavy atom. The average Bonchev–Trinajstić information content (AvgIpc) is 3.18. The molecule has 6 rings (SSSR count). The highest BCUT2D eigenvalue weighted by atomic mass is 16.7. The molecule has 4 saturated carbocycles. The smallest absolute Gasteiger partial charge is 0.171 e. The lowest BCUT2D eigenvalue weighted by Crippen LogP contribution is -2.67. The van der Waals surface area contributed by atoms with Gasteiger partial charge in [0.05, 0.1) is 18.8 Å². The van der Waals surface area contributed by atoms with Crippen LogP contribution in [-0.4, -0.2) is 46.2 Å². The van der Waals surface area contributed by atoms with Crippen LogP contribution in [0.25, 0.3) is 0 Å². The number of ether oxygens (including phenoxy) is 2. The summed E-state index contributed by atoms with van der Waals surface area (Å²) in [5.74, 6) is 2.20. The van der Waals surface area contributed by atoms with Gasteiger partial charge in [-0.1, -0.05) is 27.7 Å². The number of ketones is 1. The number of carbonyl (C=O) groups is 1. The van der Waals surface area contributed by atoms with Crippen molar-refractivity contribution in [2.75, 3.05) is 6.61 Å². The summed E-state index contributed by atoms with van der Waals surface area (Å²) in [7, 11) is 0. The molecule has 8 unspecified atom stereocenters. The molecule has 0 bridgehead atoms. The first-order valence-corrected chi connectivity index (χ1v) is 13.3. The molecule has 32 heavy (non-hydrogen) atoms. The molecule has 0 aromatic rings. The topological polar surface area (TPSA) is 76.0 Å². The number of aliphatic hydroxyl groups is 2. The zero-order valence-corrected chi connectivity index (χ0v) is 20.3. The van der Waals surface area contributed by atoms with Crippen LogP contribution >= 0.6 is 0 Å². The molecule has 5 nitrogen and oxygen atoms in total. The minimum Gasteiger partial charge on any atom is -0.393 e. The standard InChI is InChI=1S/C27H42O5/c1-15-5-10-27(31-14-15)16(2)23-21(32-27)12-20-18-11-22(29)26(30)13-17(28)6-9-25(26,4)19(18)7-8-24(20,23)3/h15-21,23,28,30H,5-14H2,1-4H3/t15?,16?,17?,18?,19?,20?,21?,23?,24-,25+,26-,27+/m0/s1. The van der Waals surface area contributed by atoms with E-state index in [2.05, 4.69) is 27.7 Å². The predicted octanol–water partition coefficient (Wildman–Crippen LogP) is 4.09. The fourth-order valence-corrected chi connectivity index (χ4v) is 10.0. The van der Waals surface area contributed by atoms with E-state index in [1.165, 1.54) is 6.42 Å². The summed E-state index contributed by atoms with van der Waals surface area (Å²) < 4.78 is 13.2. The van der Waals surface area contributed by atoms with Gasteiger partial charge in [0.1, 0.15) is 5.60 Å². The van der Waals surface area contributed by atoms with Crippen molar-refractivity contribution in [3.63, 3.8) is 0 Å². The monoisotopic (exact) mass is 446 g/mol. The number of hydrogen-bond acceptors (Lipinski definition) is 5. The van der Waals surface area contributed by atoms with Gasteiger partial charge in [-0.05, 0) is 73.5 Å². The van der Waals surface area contributed by atoms with E-state index in [9.17, 15) is 15.0 Å². The summed E-state index contributed by atoms with van der Waals surface area (Å²) in [5.41, 5.74) is -1.60. The quantitative estimate of drug-likeness (QED) is 0.586. The second-order valence-corrected chi connectivity index (χ2v) is 13.2. The summed E-state index contributed by atoms with van der Waals surface area (Å²) in [6.07, 6.45) is 7.21. The highest BCUT2D eigenvalue weighted by molar-refractivity contribution is 5.89. The molecule has 2 N–H and O–H groups in total. The van der Waals surface area contributed by atoms with Gasteiger partial charge in [0, 0.05) is 30.6 Å². The van der Waals surface area contributed by atoms with Crippen LogP contribution in [0, 0.1) is 46.3 Å². The second kappa shape index (κ2) is 6.80. The van der Waals surface area contributed by atoms with Crippen molar-refractivity contribution >= 4 is 5.78 Å². The zero-order chi connectivity index (χ0) is 22.7. The number of carbonyl (C=O) groups excluding carboxylic acids is 1. The molecule has 2 saturated heterocycles. The lowest BCUT2D eigenvalue weighted by Gasteiger charge is -2.63. The van der Waals surface area contributed by atoms with E-state index in [0.717, 1.165) is 38.7 Å². The van der Waals surface area contributed by atoms with Crippen LogP contribution < -0.4 is 0 Å². The maximum atomic E-state index is 13.4. The van der Waals surface area contributed by atoms with Gasteiger partial charge in [0.25, 0.3) is 0 Å². The Morgan fingerprint density at radius 2 is 1.81 bits per heavy atom. The molecule has 6 aliphatic rings. The van der Waals surface area contributed by atoms with E-state index in [-0.39, 0.29) is 23.7 Å². The molecular formula is C27H42O5. The molecule has 0 aromatic carbocycles. The van der Waals surface area contributed by atoms with E-state index in [4.69, 9.17) is 9.47 Å². The maximum Gasteiger partial charge on any atom is 0.171 e. The Hall–Kier alpha value is -0.490. The fourth-order valence-electron chi connectivity index (χ4n) is 10.0. The van der Waals surface area contributed by atoms with Crippen LogP contribution in [-0.2, 0) is 14.3 Å². The van der Waals surface area contributed by atoms with Gasteiger partial charge in [-0.2, -0.15) is 0 Å². The van der Waals surface area contributed by atoms with E-state index in [0.29, 0.717) is 48.3 Å². The molecule has 2 aliphatic heterocycles. The van der Waals surface area contributed by atoms with Crippen LogP contribution in [0.15, 0.2) is 0 Å². The third kappa shape index (κ3) is 2.58. The number of hydrogen-bond donors (Lipinski definition) is 2. The van der Waals surface area contributed by atoms with Crippen molar-refractivity contribution in [2.24, 2.45) is 46.3 Å². The number of fused-ring (bicyclic) bond motifs is 7. The SMILES string of the molecule is CC1CC[C@@]2(OC1)OC1CC3C4CC(=O)[C@@]5(O)CC(O)CC[C@]5(C)C4CC[C@]3(C)C1C2C. The first-order valence-electron chi connectivity index (χ1n) is 13.3. The first-order chi connectivity index (χ1) is 15.0. The van der Waals surface area contributed by atoms with Crippen molar-refractivity contribution in [3.05, 3.63) is 0 Å².